The monoisotopic (exact) mass is 359 g/mol. The van der Waals surface area contributed by atoms with Gasteiger partial charge in [-0.3, -0.25) is 9.59 Å². The SMILES string of the molecule is CC(Cc1ccc(NC(=O)C2CC2c2c(F)cccc2F)cc1)C(=O)O. The van der Waals surface area contributed by atoms with Crippen LogP contribution in [0.1, 0.15) is 30.4 Å². The van der Waals surface area contributed by atoms with Crippen LogP contribution in [0.3, 0.4) is 0 Å². The summed E-state index contributed by atoms with van der Waals surface area (Å²) in [6.45, 7) is 1.63. The van der Waals surface area contributed by atoms with E-state index in [2.05, 4.69) is 5.32 Å². The predicted molar refractivity (Wildman–Crippen MR) is 92.8 cm³/mol. The molecule has 0 radical (unpaired) electrons. The highest BCUT2D eigenvalue weighted by atomic mass is 19.1. The first-order valence-electron chi connectivity index (χ1n) is 8.43. The molecule has 2 N–H and O–H groups in total. The van der Waals surface area contributed by atoms with Crippen LogP contribution in [0.15, 0.2) is 42.5 Å². The number of aliphatic carboxylic acids is 1. The Morgan fingerprint density at radius 1 is 1.15 bits per heavy atom. The third-order valence-electron chi connectivity index (χ3n) is 4.68. The molecule has 0 spiro atoms. The first kappa shape index (κ1) is 18.0. The zero-order valence-corrected chi connectivity index (χ0v) is 14.2. The number of amides is 1. The minimum Gasteiger partial charge on any atom is -0.481 e. The van der Waals surface area contributed by atoms with Crippen molar-refractivity contribution in [3.8, 4) is 0 Å². The number of benzene rings is 2. The predicted octanol–water partition coefficient (Wildman–Crippen LogP) is 3.97. The number of carbonyl (C=O) groups is 2. The molecule has 0 heterocycles. The van der Waals surface area contributed by atoms with Crippen molar-refractivity contribution in [2.45, 2.75) is 25.7 Å². The number of rotatable bonds is 6. The minimum absolute atomic E-state index is 0.0225. The van der Waals surface area contributed by atoms with Gasteiger partial charge >= 0.3 is 5.97 Å². The molecule has 3 atom stereocenters. The largest absolute Gasteiger partial charge is 0.481 e. The quantitative estimate of drug-likeness (QED) is 0.820. The molecule has 1 fully saturated rings. The van der Waals surface area contributed by atoms with Crippen molar-refractivity contribution in [3.05, 3.63) is 65.2 Å². The molecule has 1 amide bonds. The van der Waals surface area contributed by atoms with E-state index in [1.807, 2.05) is 0 Å². The Kier molecular flexibility index (Phi) is 5.02. The van der Waals surface area contributed by atoms with Crippen LogP contribution in [0, 0.1) is 23.5 Å². The van der Waals surface area contributed by atoms with Crippen molar-refractivity contribution in [3.63, 3.8) is 0 Å². The van der Waals surface area contributed by atoms with Crippen molar-refractivity contribution in [2.75, 3.05) is 5.32 Å². The zero-order valence-electron chi connectivity index (χ0n) is 14.2. The fourth-order valence-electron chi connectivity index (χ4n) is 3.07. The fourth-order valence-corrected chi connectivity index (χ4v) is 3.07. The molecule has 0 bridgehead atoms. The van der Waals surface area contributed by atoms with E-state index in [1.165, 1.54) is 18.2 Å². The molecule has 2 aromatic carbocycles. The number of nitrogens with one attached hydrogen (secondary N) is 1. The molecule has 6 heteroatoms. The first-order chi connectivity index (χ1) is 12.4. The molecule has 0 aliphatic heterocycles. The van der Waals surface area contributed by atoms with Gasteiger partial charge in [-0.15, -0.1) is 0 Å². The van der Waals surface area contributed by atoms with Crippen LogP contribution in [0.25, 0.3) is 0 Å². The Hall–Kier alpha value is -2.76. The topological polar surface area (TPSA) is 66.4 Å². The standard InChI is InChI=1S/C20H19F2NO3/c1-11(20(25)26)9-12-5-7-13(8-6-12)23-19(24)15-10-14(15)18-16(21)3-2-4-17(18)22/h2-8,11,14-15H,9-10H2,1H3,(H,23,24)(H,25,26). The summed E-state index contributed by atoms with van der Waals surface area (Å²) in [6, 6.07) is 10.6. The summed E-state index contributed by atoms with van der Waals surface area (Å²) < 4.78 is 27.6. The molecular formula is C20H19F2NO3. The van der Waals surface area contributed by atoms with Gasteiger partial charge in [-0.05, 0) is 42.7 Å². The van der Waals surface area contributed by atoms with Crippen molar-refractivity contribution in [1.29, 1.82) is 0 Å². The summed E-state index contributed by atoms with van der Waals surface area (Å²) in [5, 5.41) is 11.7. The maximum absolute atomic E-state index is 13.8. The second-order valence-electron chi connectivity index (χ2n) is 6.71. The Bertz CT molecular complexity index is 815. The summed E-state index contributed by atoms with van der Waals surface area (Å²) in [7, 11) is 0. The minimum atomic E-state index is -0.859. The van der Waals surface area contributed by atoms with Crippen molar-refractivity contribution < 1.29 is 23.5 Å². The Balaban J connectivity index is 1.60. The smallest absolute Gasteiger partial charge is 0.306 e. The molecule has 0 aromatic heterocycles. The molecule has 136 valence electrons. The molecule has 1 aliphatic rings. The Labute approximate surface area is 149 Å². The van der Waals surface area contributed by atoms with Crippen LogP contribution in [0.4, 0.5) is 14.5 Å². The maximum atomic E-state index is 13.8. The van der Waals surface area contributed by atoms with Crippen molar-refractivity contribution in [1.82, 2.24) is 0 Å². The second kappa shape index (κ2) is 7.23. The van der Waals surface area contributed by atoms with E-state index in [4.69, 9.17) is 5.11 Å². The average molecular weight is 359 g/mol. The molecule has 26 heavy (non-hydrogen) atoms. The normalized spacial score (nSPS) is 19.7. The molecule has 1 aliphatic carbocycles. The lowest BCUT2D eigenvalue weighted by Crippen LogP contribution is -2.15. The van der Waals surface area contributed by atoms with E-state index < -0.39 is 35.4 Å². The highest BCUT2D eigenvalue weighted by Crippen LogP contribution is 2.49. The number of anilines is 1. The van der Waals surface area contributed by atoms with Gasteiger partial charge in [0.2, 0.25) is 5.91 Å². The zero-order chi connectivity index (χ0) is 18.8. The van der Waals surface area contributed by atoms with Crippen LogP contribution in [0.5, 0.6) is 0 Å². The third kappa shape index (κ3) is 3.90. The van der Waals surface area contributed by atoms with Crippen LogP contribution < -0.4 is 5.32 Å². The number of halogens is 2. The van der Waals surface area contributed by atoms with E-state index in [9.17, 15) is 18.4 Å². The molecule has 3 rings (SSSR count). The number of hydrogen-bond donors (Lipinski definition) is 2. The lowest BCUT2D eigenvalue weighted by molar-refractivity contribution is -0.141. The summed E-state index contributed by atoms with van der Waals surface area (Å²) in [5.41, 5.74) is 1.41. The Morgan fingerprint density at radius 2 is 1.77 bits per heavy atom. The lowest BCUT2D eigenvalue weighted by atomic mass is 10.0. The molecule has 3 unspecified atom stereocenters. The number of carboxylic acids is 1. The molecule has 1 saturated carbocycles. The molecule has 4 nitrogen and oxygen atoms in total. The first-order valence-corrected chi connectivity index (χ1v) is 8.43. The summed E-state index contributed by atoms with van der Waals surface area (Å²) in [4.78, 5) is 23.2. The fraction of sp³-hybridized carbons (Fsp3) is 0.300. The van der Waals surface area contributed by atoms with E-state index in [-0.39, 0.29) is 11.5 Å². The highest BCUT2D eigenvalue weighted by molar-refractivity contribution is 5.95. The van der Waals surface area contributed by atoms with Gasteiger partial charge in [0.1, 0.15) is 11.6 Å². The highest BCUT2D eigenvalue weighted by Gasteiger charge is 2.46. The summed E-state index contributed by atoms with van der Waals surface area (Å²) in [6.07, 6.45) is 0.818. The third-order valence-corrected chi connectivity index (χ3v) is 4.68. The molecule has 0 saturated heterocycles. The number of carbonyl (C=O) groups excluding carboxylic acids is 1. The van der Waals surface area contributed by atoms with Crippen LogP contribution in [-0.4, -0.2) is 17.0 Å². The van der Waals surface area contributed by atoms with Crippen LogP contribution in [0.2, 0.25) is 0 Å². The number of hydrogen-bond acceptors (Lipinski definition) is 2. The second-order valence-corrected chi connectivity index (χ2v) is 6.71. The summed E-state index contributed by atoms with van der Waals surface area (Å²) in [5.74, 6) is -3.76. The lowest BCUT2D eigenvalue weighted by Gasteiger charge is -2.09. The van der Waals surface area contributed by atoms with Gasteiger partial charge in [-0.1, -0.05) is 25.1 Å². The van der Waals surface area contributed by atoms with E-state index >= 15 is 0 Å². The number of carboxylic acid groups (broad SMARTS) is 1. The van der Waals surface area contributed by atoms with Crippen LogP contribution >= 0.6 is 0 Å². The van der Waals surface area contributed by atoms with E-state index in [0.29, 0.717) is 18.5 Å². The van der Waals surface area contributed by atoms with Gasteiger partial charge in [0, 0.05) is 23.1 Å². The average Bonchev–Trinajstić information content (AvgIpc) is 3.37. The molecular weight excluding hydrogens is 340 g/mol. The van der Waals surface area contributed by atoms with Gasteiger partial charge in [0.25, 0.3) is 0 Å². The Morgan fingerprint density at radius 3 is 2.35 bits per heavy atom. The van der Waals surface area contributed by atoms with Gasteiger partial charge in [0.05, 0.1) is 5.92 Å². The van der Waals surface area contributed by atoms with Crippen molar-refractivity contribution >= 4 is 17.6 Å². The molecule has 2 aromatic rings. The summed E-state index contributed by atoms with van der Waals surface area (Å²) >= 11 is 0. The van der Waals surface area contributed by atoms with E-state index in [1.54, 1.807) is 31.2 Å². The van der Waals surface area contributed by atoms with Gasteiger partial charge in [0.15, 0.2) is 0 Å². The maximum Gasteiger partial charge on any atom is 0.306 e. The van der Waals surface area contributed by atoms with Gasteiger partial charge < -0.3 is 10.4 Å². The van der Waals surface area contributed by atoms with Crippen LogP contribution in [-0.2, 0) is 16.0 Å². The van der Waals surface area contributed by atoms with Crippen molar-refractivity contribution in [2.24, 2.45) is 11.8 Å². The van der Waals surface area contributed by atoms with Gasteiger partial charge in [-0.25, -0.2) is 8.78 Å². The van der Waals surface area contributed by atoms with E-state index in [0.717, 1.165) is 5.56 Å². The van der Waals surface area contributed by atoms with Gasteiger partial charge in [-0.2, -0.15) is 0 Å².